The number of carbonyl (C=O) groups is 1. The van der Waals surface area contributed by atoms with Crippen LogP contribution in [0.5, 0.6) is 5.75 Å². The Morgan fingerprint density at radius 3 is 2.64 bits per heavy atom. The summed E-state index contributed by atoms with van der Waals surface area (Å²) in [6.07, 6.45) is 6.25. The Bertz CT molecular complexity index is 693. The highest BCUT2D eigenvalue weighted by Crippen LogP contribution is 2.16. The van der Waals surface area contributed by atoms with E-state index >= 15 is 0 Å². The fourth-order valence-corrected chi connectivity index (χ4v) is 1.78. The minimum absolute atomic E-state index is 0.203. The Morgan fingerprint density at radius 1 is 1.14 bits per heavy atom. The number of hydrogen-bond acceptors (Lipinski definition) is 2. The number of aromatic hydroxyl groups is 1. The van der Waals surface area contributed by atoms with Gasteiger partial charge in [-0.2, -0.15) is 0 Å². The van der Waals surface area contributed by atoms with Gasteiger partial charge < -0.3 is 10.4 Å². The van der Waals surface area contributed by atoms with Crippen LogP contribution >= 0.6 is 0 Å². The monoisotopic (exact) mass is 297 g/mol. The molecule has 0 unspecified atom stereocenters. The first kappa shape index (κ1) is 15.5. The number of rotatable bonds is 5. The molecule has 0 aliphatic heterocycles. The second kappa shape index (κ2) is 7.78. The van der Waals surface area contributed by atoms with Gasteiger partial charge >= 0.3 is 0 Å². The topological polar surface area (TPSA) is 49.3 Å². The third-order valence-electron chi connectivity index (χ3n) is 2.93. The average Bonchev–Trinajstić information content (AvgIpc) is 2.54. The largest absolute Gasteiger partial charge is 0.505 e. The Morgan fingerprint density at radius 2 is 1.91 bits per heavy atom. The van der Waals surface area contributed by atoms with E-state index in [1.165, 1.54) is 18.2 Å². The van der Waals surface area contributed by atoms with Crippen LogP contribution in [0.25, 0.3) is 6.08 Å². The molecule has 0 heterocycles. The van der Waals surface area contributed by atoms with Gasteiger partial charge in [0.25, 0.3) is 0 Å². The van der Waals surface area contributed by atoms with Crippen LogP contribution in [-0.2, 0) is 11.3 Å². The van der Waals surface area contributed by atoms with E-state index in [-0.39, 0.29) is 11.7 Å². The molecule has 0 radical (unpaired) electrons. The Kier molecular flexibility index (Phi) is 5.49. The fourth-order valence-electron chi connectivity index (χ4n) is 1.78. The van der Waals surface area contributed by atoms with Crippen LogP contribution in [0.1, 0.15) is 11.1 Å². The number of halogens is 1. The molecule has 0 aromatic heterocycles. The molecule has 2 rings (SSSR count). The molecule has 22 heavy (non-hydrogen) atoms. The number of allylic oxidation sites excluding steroid dienone is 2. The molecule has 0 atom stereocenters. The number of phenols is 1. The van der Waals surface area contributed by atoms with Crippen molar-refractivity contribution in [2.24, 2.45) is 0 Å². The molecular formula is C18H16FNO2. The third-order valence-corrected chi connectivity index (χ3v) is 2.93. The zero-order chi connectivity index (χ0) is 15.8. The predicted molar refractivity (Wildman–Crippen MR) is 84.5 cm³/mol. The van der Waals surface area contributed by atoms with Gasteiger partial charge in [-0.15, -0.1) is 0 Å². The summed E-state index contributed by atoms with van der Waals surface area (Å²) < 4.78 is 13.1. The van der Waals surface area contributed by atoms with Crippen molar-refractivity contribution >= 4 is 12.0 Å². The van der Waals surface area contributed by atoms with Gasteiger partial charge in [-0.3, -0.25) is 4.79 Å². The van der Waals surface area contributed by atoms with E-state index in [1.807, 2.05) is 30.3 Å². The van der Waals surface area contributed by atoms with Crippen molar-refractivity contribution in [3.05, 3.63) is 83.7 Å². The third kappa shape index (κ3) is 4.90. The molecule has 0 bridgehead atoms. The number of amides is 1. The van der Waals surface area contributed by atoms with Gasteiger partial charge in [0.2, 0.25) is 5.91 Å². The number of hydrogen-bond donors (Lipinski definition) is 2. The van der Waals surface area contributed by atoms with Crippen molar-refractivity contribution < 1.29 is 14.3 Å². The van der Waals surface area contributed by atoms with Crippen molar-refractivity contribution in [2.45, 2.75) is 6.54 Å². The molecule has 0 spiro atoms. The number of nitrogens with one attached hydrogen (secondary N) is 1. The lowest BCUT2D eigenvalue weighted by Gasteiger charge is -2.01. The molecular weight excluding hydrogens is 281 g/mol. The smallest absolute Gasteiger partial charge is 0.244 e. The molecule has 112 valence electrons. The molecule has 2 aromatic rings. The maximum atomic E-state index is 13.1. The van der Waals surface area contributed by atoms with Gasteiger partial charge in [-0.25, -0.2) is 4.39 Å². The maximum absolute atomic E-state index is 13.1. The van der Waals surface area contributed by atoms with Gasteiger partial charge in [-0.1, -0.05) is 54.6 Å². The molecule has 0 fully saturated rings. The minimum Gasteiger partial charge on any atom is -0.505 e. The lowest BCUT2D eigenvalue weighted by molar-refractivity contribution is -0.116. The normalized spacial score (nSPS) is 11.1. The van der Waals surface area contributed by atoms with Crippen LogP contribution in [0.3, 0.4) is 0 Å². The summed E-state index contributed by atoms with van der Waals surface area (Å²) >= 11 is 0. The van der Waals surface area contributed by atoms with Crippen LogP contribution in [0.2, 0.25) is 0 Å². The lowest BCUT2D eigenvalue weighted by Crippen LogP contribution is -2.20. The fraction of sp³-hybridized carbons (Fsp3) is 0.0556. The van der Waals surface area contributed by atoms with E-state index < -0.39 is 5.82 Å². The molecule has 0 aliphatic carbocycles. The summed E-state index contributed by atoms with van der Waals surface area (Å²) in [4.78, 5) is 11.6. The molecule has 0 aliphatic rings. The Hall–Kier alpha value is -2.88. The van der Waals surface area contributed by atoms with Crippen LogP contribution in [-0.4, -0.2) is 11.0 Å². The van der Waals surface area contributed by atoms with Gasteiger partial charge in [0.05, 0.1) is 0 Å². The number of carbonyl (C=O) groups excluding carboxylic acids is 1. The quantitative estimate of drug-likeness (QED) is 0.656. The summed E-state index contributed by atoms with van der Waals surface area (Å²) in [5, 5.41) is 11.8. The van der Waals surface area contributed by atoms with E-state index in [0.717, 1.165) is 5.56 Å². The SMILES string of the molecule is O=C(/C=C/C=C/c1ccc(O)c(F)c1)NCc1ccccc1. The van der Waals surface area contributed by atoms with Crippen LogP contribution in [0.4, 0.5) is 4.39 Å². The number of phenolic OH excluding ortho intramolecular Hbond substituents is 1. The van der Waals surface area contributed by atoms with Gasteiger partial charge in [0, 0.05) is 12.6 Å². The summed E-state index contributed by atoms with van der Waals surface area (Å²) in [7, 11) is 0. The van der Waals surface area contributed by atoms with Crippen molar-refractivity contribution in [3.8, 4) is 5.75 Å². The van der Waals surface area contributed by atoms with Gasteiger partial charge in [0.1, 0.15) is 0 Å². The van der Waals surface area contributed by atoms with Crippen LogP contribution in [0, 0.1) is 5.82 Å². The zero-order valence-corrected chi connectivity index (χ0v) is 11.9. The highest BCUT2D eigenvalue weighted by molar-refractivity contribution is 5.87. The Balaban J connectivity index is 1.82. The molecule has 1 amide bonds. The second-order valence-electron chi connectivity index (χ2n) is 4.63. The first-order valence-electron chi connectivity index (χ1n) is 6.80. The Labute approximate surface area is 128 Å². The zero-order valence-electron chi connectivity index (χ0n) is 11.9. The highest BCUT2D eigenvalue weighted by Gasteiger charge is 1.98. The predicted octanol–water partition coefficient (Wildman–Crippen LogP) is 3.42. The minimum atomic E-state index is -0.674. The summed E-state index contributed by atoms with van der Waals surface area (Å²) in [5.41, 5.74) is 1.63. The van der Waals surface area contributed by atoms with Crippen LogP contribution < -0.4 is 5.32 Å². The summed E-state index contributed by atoms with van der Waals surface area (Å²) in [5.74, 6) is -1.26. The lowest BCUT2D eigenvalue weighted by atomic mass is 10.2. The van der Waals surface area contributed by atoms with Crippen molar-refractivity contribution in [1.29, 1.82) is 0 Å². The van der Waals surface area contributed by atoms with E-state index in [2.05, 4.69) is 5.32 Å². The van der Waals surface area contributed by atoms with Crippen molar-refractivity contribution in [3.63, 3.8) is 0 Å². The molecule has 0 saturated heterocycles. The van der Waals surface area contributed by atoms with E-state index in [9.17, 15) is 9.18 Å². The molecule has 2 aromatic carbocycles. The first-order chi connectivity index (χ1) is 10.6. The summed E-state index contributed by atoms with van der Waals surface area (Å²) in [6.45, 7) is 0.469. The van der Waals surface area contributed by atoms with Gasteiger partial charge in [-0.05, 0) is 23.3 Å². The van der Waals surface area contributed by atoms with Crippen molar-refractivity contribution in [1.82, 2.24) is 5.32 Å². The van der Waals surface area contributed by atoms with Crippen LogP contribution in [0.15, 0.2) is 66.8 Å². The van der Waals surface area contributed by atoms with E-state index in [0.29, 0.717) is 12.1 Å². The second-order valence-corrected chi connectivity index (χ2v) is 4.63. The molecule has 3 nitrogen and oxygen atoms in total. The number of benzene rings is 2. The maximum Gasteiger partial charge on any atom is 0.244 e. The van der Waals surface area contributed by atoms with Crippen molar-refractivity contribution in [2.75, 3.05) is 0 Å². The molecule has 4 heteroatoms. The molecule has 0 saturated carbocycles. The standard InChI is InChI=1S/C18H16FNO2/c19-16-12-14(10-11-17(16)21)6-4-5-9-18(22)20-13-15-7-2-1-3-8-15/h1-12,21H,13H2,(H,20,22)/b6-4+,9-5+. The average molecular weight is 297 g/mol. The van der Waals surface area contributed by atoms with E-state index in [1.54, 1.807) is 24.3 Å². The highest BCUT2D eigenvalue weighted by atomic mass is 19.1. The summed E-state index contributed by atoms with van der Waals surface area (Å²) in [6, 6.07) is 13.7. The molecule has 2 N–H and O–H groups in total. The van der Waals surface area contributed by atoms with Gasteiger partial charge in [0.15, 0.2) is 11.6 Å². The van der Waals surface area contributed by atoms with E-state index in [4.69, 9.17) is 5.11 Å². The first-order valence-corrected chi connectivity index (χ1v) is 6.80.